The molecule has 1 saturated carbocycles. The average Bonchev–Trinajstić information content (AvgIpc) is 3.17. The van der Waals surface area contributed by atoms with Gasteiger partial charge in [-0.25, -0.2) is 14.8 Å². The molecule has 2 aliphatic rings. The van der Waals surface area contributed by atoms with Crippen molar-refractivity contribution in [3.63, 3.8) is 0 Å². The maximum absolute atomic E-state index is 11.3. The summed E-state index contributed by atoms with van der Waals surface area (Å²) in [6.45, 7) is 5.40. The van der Waals surface area contributed by atoms with E-state index in [1.54, 1.807) is 13.0 Å². The number of allylic oxidation sites excluding steroid dienone is 2. The zero-order valence-corrected chi connectivity index (χ0v) is 10.6. The first-order valence-corrected chi connectivity index (χ1v) is 6.28. The van der Waals surface area contributed by atoms with Gasteiger partial charge in [0.2, 0.25) is 0 Å². The Morgan fingerprint density at radius 2 is 2.32 bits per heavy atom. The molecule has 0 amide bonds. The molecule has 4 heteroatoms. The summed E-state index contributed by atoms with van der Waals surface area (Å²) in [4.78, 5) is 20.3. The van der Waals surface area contributed by atoms with Crippen molar-refractivity contribution in [2.45, 2.75) is 19.3 Å². The van der Waals surface area contributed by atoms with E-state index in [1.165, 1.54) is 6.08 Å². The van der Waals surface area contributed by atoms with E-state index in [9.17, 15) is 9.90 Å². The Balaban J connectivity index is 2.18. The van der Waals surface area contributed by atoms with Gasteiger partial charge in [0, 0.05) is 5.92 Å². The maximum atomic E-state index is 11.3. The lowest BCUT2D eigenvalue weighted by Gasteiger charge is -2.13. The summed E-state index contributed by atoms with van der Waals surface area (Å²) in [6.07, 6.45) is 8.31. The van der Waals surface area contributed by atoms with Crippen LogP contribution in [0.4, 0.5) is 0 Å². The monoisotopic (exact) mass is 254 g/mol. The molecular formula is C15H14N2O2. The van der Waals surface area contributed by atoms with Crippen LogP contribution in [-0.2, 0) is 4.79 Å². The van der Waals surface area contributed by atoms with Crippen molar-refractivity contribution < 1.29 is 9.90 Å². The van der Waals surface area contributed by atoms with Crippen LogP contribution >= 0.6 is 0 Å². The highest BCUT2D eigenvalue weighted by atomic mass is 16.4. The van der Waals surface area contributed by atoms with Crippen molar-refractivity contribution in [1.29, 1.82) is 0 Å². The van der Waals surface area contributed by atoms with Crippen molar-refractivity contribution in [3.8, 4) is 0 Å². The van der Waals surface area contributed by atoms with Gasteiger partial charge in [-0.05, 0) is 31.4 Å². The van der Waals surface area contributed by atoms with E-state index in [0.29, 0.717) is 23.2 Å². The van der Waals surface area contributed by atoms with Crippen LogP contribution in [0.5, 0.6) is 0 Å². The molecule has 4 nitrogen and oxygen atoms in total. The third-order valence-electron chi connectivity index (χ3n) is 3.64. The number of nitrogens with zero attached hydrogens (tertiary/aromatic N) is 2. The van der Waals surface area contributed by atoms with Crippen LogP contribution in [0.3, 0.4) is 0 Å². The number of hydrogen-bond acceptors (Lipinski definition) is 3. The summed E-state index contributed by atoms with van der Waals surface area (Å²) in [6, 6.07) is 0. The quantitative estimate of drug-likeness (QED) is 0.842. The summed E-state index contributed by atoms with van der Waals surface area (Å²) in [5.41, 5.74) is 2.88. The molecule has 3 rings (SSSR count). The number of carboxylic acid groups (broad SMARTS) is 1. The van der Waals surface area contributed by atoms with Crippen LogP contribution < -0.4 is 0 Å². The highest BCUT2D eigenvalue weighted by Crippen LogP contribution is 2.51. The first kappa shape index (κ1) is 11.8. The fourth-order valence-corrected chi connectivity index (χ4v) is 2.53. The molecule has 1 fully saturated rings. The third-order valence-corrected chi connectivity index (χ3v) is 3.64. The molecule has 1 heterocycles. The van der Waals surface area contributed by atoms with E-state index < -0.39 is 5.97 Å². The SMILES string of the molecule is C=Cc1nc2c(nc1C(=CC)C(=O)O)C=CC1CC21. The number of hydrogen-bond donors (Lipinski definition) is 1. The lowest BCUT2D eigenvalue weighted by molar-refractivity contribution is -0.130. The second-order valence-electron chi connectivity index (χ2n) is 4.80. The van der Waals surface area contributed by atoms with Gasteiger partial charge in [0.25, 0.3) is 0 Å². The molecule has 0 bridgehead atoms. The summed E-state index contributed by atoms with van der Waals surface area (Å²) in [5, 5.41) is 9.22. The third kappa shape index (κ3) is 1.80. The fourth-order valence-electron chi connectivity index (χ4n) is 2.53. The van der Waals surface area contributed by atoms with E-state index in [4.69, 9.17) is 0 Å². The largest absolute Gasteiger partial charge is 0.478 e. The normalized spacial score (nSPS) is 23.5. The molecule has 2 aliphatic carbocycles. The van der Waals surface area contributed by atoms with Gasteiger partial charge < -0.3 is 5.11 Å². The molecule has 2 atom stereocenters. The molecule has 96 valence electrons. The second-order valence-corrected chi connectivity index (χ2v) is 4.80. The summed E-state index contributed by atoms with van der Waals surface area (Å²) in [5.74, 6) is 0.0500. The van der Waals surface area contributed by atoms with E-state index in [0.717, 1.165) is 17.8 Å². The van der Waals surface area contributed by atoms with Crippen molar-refractivity contribution >= 4 is 23.7 Å². The lowest BCUT2D eigenvalue weighted by Crippen LogP contribution is -2.10. The van der Waals surface area contributed by atoms with E-state index in [1.807, 2.05) is 6.08 Å². The van der Waals surface area contributed by atoms with Crippen LogP contribution in [0.1, 0.15) is 42.0 Å². The molecule has 1 N–H and O–H groups in total. The van der Waals surface area contributed by atoms with Crippen molar-refractivity contribution in [2.24, 2.45) is 5.92 Å². The van der Waals surface area contributed by atoms with Gasteiger partial charge in [-0.2, -0.15) is 0 Å². The molecule has 2 unspecified atom stereocenters. The molecule has 0 spiro atoms. The Hall–Kier alpha value is -2.23. The Morgan fingerprint density at radius 1 is 1.53 bits per heavy atom. The Kier molecular flexibility index (Phi) is 2.59. The minimum absolute atomic E-state index is 0.163. The minimum atomic E-state index is -0.996. The van der Waals surface area contributed by atoms with Crippen LogP contribution in [0.15, 0.2) is 18.7 Å². The fraction of sp³-hybridized carbons (Fsp3) is 0.267. The Bertz CT molecular complexity index is 644. The van der Waals surface area contributed by atoms with Gasteiger partial charge in [-0.15, -0.1) is 0 Å². The number of carbonyl (C=O) groups is 1. The van der Waals surface area contributed by atoms with E-state index in [-0.39, 0.29) is 5.57 Å². The topological polar surface area (TPSA) is 63.1 Å². The van der Waals surface area contributed by atoms with Crippen LogP contribution in [0.2, 0.25) is 0 Å². The van der Waals surface area contributed by atoms with Crippen molar-refractivity contribution in [2.75, 3.05) is 0 Å². The smallest absolute Gasteiger partial charge is 0.337 e. The molecular weight excluding hydrogens is 240 g/mol. The highest BCUT2D eigenvalue weighted by Gasteiger charge is 2.41. The zero-order chi connectivity index (χ0) is 13.6. The van der Waals surface area contributed by atoms with Crippen LogP contribution in [-0.4, -0.2) is 21.0 Å². The Morgan fingerprint density at radius 3 is 2.95 bits per heavy atom. The van der Waals surface area contributed by atoms with Crippen LogP contribution in [0, 0.1) is 5.92 Å². The molecule has 19 heavy (non-hydrogen) atoms. The number of aromatic nitrogens is 2. The van der Waals surface area contributed by atoms with Gasteiger partial charge in [-0.1, -0.05) is 18.7 Å². The number of fused-ring (bicyclic) bond motifs is 3. The molecule has 0 aromatic carbocycles. The van der Waals surface area contributed by atoms with Crippen LogP contribution in [0.25, 0.3) is 17.7 Å². The zero-order valence-electron chi connectivity index (χ0n) is 10.6. The summed E-state index contributed by atoms with van der Waals surface area (Å²) < 4.78 is 0. The highest BCUT2D eigenvalue weighted by molar-refractivity contribution is 6.15. The van der Waals surface area contributed by atoms with Gasteiger partial charge in [0.1, 0.15) is 5.69 Å². The number of carboxylic acids is 1. The van der Waals surface area contributed by atoms with Gasteiger partial charge in [0.15, 0.2) is 0 Å². The molecule has 0 radical (unpaired) electrons. The second kappa shape index (κ2) is 4.16. The predicted octanol–water partition coefficient (Wildman–Crippen LogP) is 2.74. The predicted molar refractivity (Wildman–Crippen MR) is 73.3 cm³/mol. The van der Waals surface area contributed by atoms with E-state index >= 15 is 0 Å². The number of rotatable bonds is 3. The molecule has 0 saturated heterocycles. The minimum Gasteiger partial charge on any atom is -0.478 e. The lowest BCUT2D eigenvalue weighted by atomic mass is 10.0. The molecule has 0 aliphatic heterocycles. The van der Waals surface area contributed by atoms with Gasteiger partial charge >= 0.3 is 5.97 Å². The van der Waals surface area contributed by atoms with Gasteiger partial charge in [-0.3, -0.25) is 0 Å². The van der Waals surface area contributed by atoms with Crippen molar-refractivity contribution in [3.05, 3.63) is 41.5 Å². The molecule has 1 aromatic heterocycles. The molecule has 1 aromatic rings. The van der Waals surface area contributed by atoms with Gasteiger partial charge in [0.05, 0.1) is 22.7 Å². The first-order valence-electron chi connectivity index (χ1n) is 6.28. The summed E-state index contributed by atoms with van der Waals surface area (Å²) >= 11 is 0. The first-order chi connectivity index (χ1) is 9.15. The van der Waals surface area contributed by atoms with E-state index in [2.05, 4.69) is 22.6 Å². The standard InChI is InChI=1S/C15H14N2O2/c1-3-9(15(18)19)13-11(4-2)16-14-10-7-8(10)5-6-12(14)17-13/h3-6,8,10H,2,7H2,1H3,(H,18,19). The Labute approximate surface area is 111 Å². The average molecular weight is 254 g/mol. The summed E-state index contributed by atoms with van der Waals surface area (Å²) in [7, 11) is 0. The van der Waals surface area contributed by atoms with Crippen molar-refractivity contribution in [1.82, 2.24) is 9.97 Å². The maximum Gasteiger partial charge on any atom is 0.337 e. The number of aliphatic carboxylic acids is 1.